The van der Waals surface area contributed by atoms with Crippen LogP contribution in [0.1, 0.15) is 87.4 Å². The molecule has 0 aliphatic carbocycles. The molecule has 0 radical (unpaired) electrons. The highest BCUT2D eigenvalue weighted by Crippen LogP contribution is 2.59. The van der Waals surface area contributed by atoms with Crippen molar-refractivity contribution in [3.63, 3.8) is 0 Å². The van der Waals surface area contributed by atoms with E-state index in [-0.39, 0.29) is 26.4 Å². The molecule has 4 aromatic rings. The molecule has 0 unspecified atom stereocenters. The quantitative estimate of drug-likeness (QED) is 0.133. The third kappa shape index (κ3) is 8.84. The number of hydrogen-bond donors (Lipinski definition) is 2. The largest absolute Gasteiger partial charge is 0.530 e. The van der Waals surface area contributed by atoms with Gasteiger partial charge in [-0.2, -0.15) is 0 Å². The van der Waals surface area contributed by atoms with Crippen molar-refractivity contribution in [3.8, 4) is 22.6 Å². The minimum atomic E-state index is -4.13. The molecule has 0 saturated heterocycles. The second-order valence-corrected chi connectivity index (χ2v) is 20.8. The maximum Gasteiger partial charge on any atom is 0.530 e. The van der Waals surface area contributed by atoms with Gasteiger partial charge in [-0.3, -0.25) is 46.8 Å². The monoisotopic (exact) mass is 894 g/mol. The number of H-pyrrole nitrogens is 2. The minimum Gasteiger partial charge on any atom is -0.403 e. The van der Waals surface area contributed by atoms with Crippen LogP contribution in [0.25, 0.3) is 11.1 Å². The number of aryl methyl sites for hydroxylation is 2. The van der Waals surface area contributed by atoms with E-state index in [2.05, 4.69) is 9.97 Å². The Morgan fingerprint density at radius 2 is 1.02 bits per heavy atom. The molecule has 330 valence electrons. The first kappa shape index (κ1) is 43.7. The van der Waals surface area contributed by atoms with E-state index in [1.54, 1.807) is 38.2 Å². The molecule has 0 bridgehead atoms. The summed E-state index contributed by atoms with van der Waals surface area (Å²) in [6.07, 6.45) is 6.47. The van der Waals surface area contributed by atoms with Crippen molar-refractivity contribution in [2.24, 2.45) is 0 Å². The fraction of sp³-hybridized carbons (Fsp3) is 0.429. The smallest absolute Gasteiger partial charge is 0.403 e. The summed E-state index contributed by atoms with van der Waals surface area (Å²) in [5.41, 5.74) is 1.95. The lowest BCUT2D eigenvalue weighted by molar-refractivity contribution is -0.0131. The van der Waals surface area contributed by atoms with E-state index in [0.717, 1.165) is 22.3 Å². The fourth-order valence-electron chi connectivity index (χ4n) is 7.32. The molecular formula is C42H48N4O14P2. The van der Waals surface area contributed by atoms with Crippen LogP contribution in [0.5, 0.6) is 11.5 Å². The molecular weight excluding hydrogens is 846 g/mol. The Morgan fingerprint density at radius 3 is 1.39 bits per heavy atom. The number of fused-ring (bicyclic) bond motifs is 2. The van der Waals surface area contributed by atoms with Crippen LogP contribution in [0.2, 0.25) is 0 Å². The summed E-state index contributed by atoms with van der Waals surface area (Å²) in [6.45, 7) is 14.7. The lowest BCUT2D eigenvalue weighted by Crippen LogP contribution is -2.33. The van der Waals surface area contributed by atoms with Crippen LogP contribution < -0.4 is 31.5 Å². The highest BCUT2D eigenvalue weighted by Gasteiger charge is 2.41. The number of benzene rings is 2. The zero-order chi connectivity index (χ0) is 44.5. The Labute approximate surface area is 355 Å². The summed E-state index contributed by atoms with van der Waals surface area (Å²) in [7, 11) is -8.26. The Kier molecular flexibility index (Phi) is 11.3. The predicted octanol–water partition coefficient (Wildman–Crippen LogP) is 6.64. The van der Waals surface area contributed by atoms with Crippen molar-refractivity contribution < 1.29 is 45.7 Å². The van der Waals surface area contributed by atoms with Crippen LogP contribution >= 0.6 is 15.6 Å². The van der Waals surface area contributed by atoms with Gasteiger partial charge < -0.3 is 18.5 Å². The van der Waals surface area contributed by atoms with Gasteiger partial charge in [0.15, 0.2) is 12.5 Å². The number of hydrogen-bond acceptors (Lipinski definition) is 14. The number of ether oxygens (including phenoxy) is 2. The average molecular weight is 895 g/mol. The first-order valence-corrected chi connectivity index (χ1v) is 22.8. The molecule has 2 aromatic carbocycles. The molecule has 6 atom stereocenters. The van der Waals surface area contributed by atoms with Gasteiger partial charge in [-0.05, 0) is 72.2 Å². The van der Waals surface area contributed by atoms with Crippen LogP contribution in [-0.4, -0.2) is 44.5 Å². The maximum absolute atomic E-state index is 13.9. The van der Waals surface area contributed by atoms with Crippen molar-refractivity contribution in [1.29, 1.82) is 0 Å². The van der Waals surface area contributed by atoms with Crippen molar-refractivity contribution >= 4 is 15.6 Å². The Hall–Kier alpha value is -4.90. The van der Waals surface area contributed by atoms with Crippen molar-refractivity contribution in [1.82, 2.24) is 19.1 Å². The summed E-state index contributed by atoms with van der Waals surface area (Å²) in [4.78, 5) is 52.9. The van der Waals surface area contributed by atoms with Crippen molar-refractivity contribution in [2.75, 3.05) is 13.2 Å². The standard InChI is InChI=1S/C42H48N4O14P2/c1-23-17-45(39(49)43-37(23)47)33-11-9-29(57-33)21-55-61(51)53-19-27-13-25(15-31(35(27)59-61)41(3,4)5)26-14-28-20-54-62(52,60-36(28)32(16-26)42(6,7)8)56-22-30-10-12-34(58-30)46-18-24(2)38(48)44-40(46)50/h9-18,29-30,33-34H,19-22H2,1-8H3,(H,43,47,49)(H,44,48,50)/t29-,30-,33+,34+,61-,62+/m0/s1. The average Bonchev–Trinajstić information content (AvgIpc) is 3.88. The van der Waals surface area contributed by atoms with Crippen LogP contribution in [0, 0.1) is 13.8 Å². The predicted molar refractivity (Wildman–Crippen MR) is 225 cm³/mol. The van der Waals surface area contributed by atoms with Gasteiger partial charge in [0.25, 0.3) is 11.1 Å². The van der Waals surface area contributed by atoms with Gasteiger partial charge in [0.05, 0.1) is 26.4 Å². The molecule has 18 nitrogen and oxygen atoms in total. The molecule has 62 heavy (non-hydrogen) atoms. The molecule has 0 amide bonds. The van der Waals surface area contributed by atoms with Gasteiger partial charge in [0, 0.05) is 45.8 Å². The molecule has 0 fully saturated rings. The number of phosphoric acid groups is 2. The molecule has 4 aliphatic rings. The number of rotatable bonds is 9. The third-order valence-corrected chi connectivity index (χ3v) is 13.3. The Morgan fingerprint density at radius 1 is 0.629 bits per heavy atom. The molecule has 2 N–H and O–H groups in total. The molecule has 2 aromatic heterocycles. The first-order valence-electron chi connectivity index (χ1n) is 19.9. The normalized spacial score (nSPS) is 25.6. The molecule has 6 heterocycles. The van der Waals surface area contributed by atoms with Crippen LogP contribution in [0.15, 0.2) is 80.1 Å². The van der Waals surface area contributed by atoms with Crippen LogP contribution in [-0.2, 0) is 60.7 Å². The SMILES string of the molecule is Cc1cn([C@H]2C=C[C@@H](CO[P@]3(=O)OCc4cc(-c5cc6c(c(C(C)(C)C)c5)O[P@@](=O)(OC[C@@H]5C=C[C@H](n7cc(C)c(=O)[nH]c7=O)O5)OC6)cc(C(C)(C)C)c4O3)O2)c(=O)[nH]c1=O. The zero-order valence-electron chi connectivity index (χ0n) is 35.4. The van der Waals surface area contributed by atoms with Gasteiger partial charge in [0.2, 0.25) is 0 Å². The summed E-state index contributed by atoms with van der Waals surface area (Å²) in [6, 6.07) is 7.76. The van der Waals surface area contributed by atoms with E-state index in [0.29, 0.717) is 33.8 Å². The van der Waals surface area contributed by atoms with Crippen molar-refractivity contribution in [3.05, 3.63) is 136 Å². The van der Waals surface area contributed by atoms with E-state index in [9.17, 15) is 28.3 Å². The number of aromatic nitrogens is 4. The summed E-state index contributed by atoms with van der Waals surface area (Å²) in [5, 5.41) is 0. The van der Waals surface area contributed by atoms with Gasteiger partial charge in [-0.25, -0.2) is 18.7 Å². The highest BCUT2D eigenvalue weighted by molar-refractivity contribution is 7.49. The fourth-order valence-corrected chi connectivity index (χ4v) is 9.81. The second kappa shape index (κ2) is 16.0. The Bertz CT molecular complexity index is 2670. The van der Waals surface area contributed by atoms with Crippen LogP contribution in [0.3, 0.4) is 0 Å². The van der Waals surface area contributed by atoms with E-state index < -0.39 is 73.6 Å². The second-order valence-electron chi connectivity index (χ2n) is 17.6. The molecule has 8 rings (SSSR count). The molecule has 20 heteroatoms. The van der Waals surface area contributed by atoms with Crippen LogP contribution in [0.4, 0.5) is 0 Å². The third-order valence-electron chi connectivity index (χ3n) is 10.7. The number of nitrogens with one attached hydrogen (secondary N) is 2. The topological polar surface area (TPSA) is 218 Å². The maximum atomic E-state index is 13.9. The summed E-state index contributed by atoms with van der Waals surface area (Å²) >= 11 is 0. The van der Waals surface area contributed by atoms with Gasteiger partial charge in [-0.15, -0.1) is 0 Å². The van der Waals surface area contributed by atoms with E-state index >= 15 is 0 Å². The summed E-state index contributed by atoms with van der Waals surface area (Å²) in [5.74, 6) is 0.776. The van der Waals surface area contributed by atoms with Gasteiger partial charge >= 0.3 is 27.0 Å². The van der Waals surface area contributed by atoms with Gasteiger partial charge in [0.1, 0.15) is 23.7 Å². The minimum absolute atomic E-state index is 0.0781. The summed E-state index contributed by atoms with van der Waals surface area (Å²) < 4.78 is 77.5. The number of aromatic amines is 2. The number of nitrogens with zero attached hydrogens (tertiary/aromatic N) is 2. The lowest BCUT2D eigenvalue weighted by Gasteiger charge is -2.33. The van der Waals surface area contributed by atoms with Gasteiger partial charge in [-0.1, -0.05) is 53.7 Å². The van der Waals surface area contributed by atoms with Crippen molar-refractivity contribution in [2.45, 2.75) is 104 Å². The first-order chi connectivity index (χ1) is 29.1. The molecule has 0 spiro atoms. The highest BCUT2D eigenvalue weighted by atomic mass is 31.2. The molecule has 0 saturated carbocycles. The molecule has 4 aliphatic heterocycles. The van der Waals surface area contributed by atoms with E-state index in [1.807, 2.05) is 65.8 Å². The Balaban J connectivity index is 0.984. The lowest BCUT2D eigenvalue weighted by atomic mass is 9.81. The van der Waals surface area contributed by atoms with E-state index in [4.69, 9.17) is 36.6 Å². The van der Waals surface area contributed by atoms with E-state index in [1.165, 1.54) is 21.5 Å². The number of phosphoric ester groups is 2. The zero-order valence-corrected chi connectivity index (χ0v) is 37.2.